The molecule has 0 N–H and O–H groups in total. The number of hydrogen-bond donors (Lipinski definition) is 0. The van der Waals surface area contributed by atoms with Crippen LogP contribution in [0.15, 0.2) is 267 Å². The van der Waals surface area contributed by atoms with Crippen molar-refractivity contribution in [3.05, 3.63) is 278 Å². The van der Waals surface area contributed by atoms with Crippen LogP contribution in [-0.2, 0) is 0 Å². The van der Waals surface area contributed by atoms with E-state index in [4.69, 9.17) is 9.97 Å². The second-order valence-electron chi connectivity index (χ2n) is 20.7. The summed E-state index contributed by atoms with van der Waals surface area (Å²) in [6.07, 6.45) is 0. The molecule has 6 heteroatoms. The summed E-state index contributed by atoms with van der Waals surface area (Å²) in [5.74, 6) is 0.691. The number of fused-ring (bicyclic) bond motifs is 7. The molecule has 0 saturated heterocycles. The molecule has 78 heavy (non-hydrogen) atoms. The van der Waals surface area contributed by atoms with E-state index in [-0.39, 0.29) is 6.71 Å². The summed E-state index contributed by atoms with van der Waals surface area (Å²) in [7, 11) is 0. The molecule has 15 rings (SSSR count). The van der Waals surface area contributed by atoms with E-state index in [0.29, 0.717) is 5.82 Å². The van der Waals surface area contributed by atoms with E-state index in [0.717, 1.165) is 67.4 Å². The first-order valence-corrected chi connectivity index (χ1v) is 26.8. The van der Waals surface area contributed by atoms with Gasteiger partial charge in [0, 0.05) is 67.2 Å². The minimum absolute atomic E-state index is 0.0841. The van der Waals surface area contributed by atoms with Crippen LogP contribution in [0, 0.1) is 13.8 Å². The number of para-hydroxylation sites is 3. The van der Waals surface area contributed by atoms with Gasteiger partial charge in [-0.2, -0.15) is 0 Å². The van der Waals surface area contributed by atoms with Gasteiger partial charge in [0.25, 0.3) is 6.71 Å². The third-order valence-corrected chi connectivity index (χ3v) is 15.9. The Hall–Kier alpha value is -10.0. The maximum Gasteiger partial charge on any atom is 0.252 e. The Labute approximate surface area is 454 Å². The highest BCUT2D eigenvalue weighted by Crippen LogP contribution is 2.45. The summed E-state index contributed by atoms with van der Waals surface area (Å²) >= 11 is 0. The number of aryl methyl sites for hydroxylation is 2. The first kappa shape index (κ1) is 45.4. The van der Waals surface area contributed by atoms with Gasteiger partial charge in [0.1, 0.15) is 0 Å². The van der Waals surface area contributed by atoms with Crippen LogP contribution >= 0.6 is 0 Å². The molecule has 0 radical (unpaired) electrons. The molecular weight excluding hydrogens is 946 g/mol. The highest BCUT2D eigenvalue weighted by molar-refractivity contribution is 7.00. The molecule has 0 bridgehead atoms. The maximum atomic E-state index is 5.29. The van der Waals surface area contributed by atoms with Gasteiger partial charge in [-0.15, -0.1) is 0 Å². The maximum absolute atomic E-state index is 5.29. The molecule has 0 saturated carbocycles. The van der Waals surface area contributed by atoms with Gasteiger partial charge in [-0.3, -0.25) is 0 Å². The first-order valence-electron chi connectivity index (χ1n) is 26.8. The lowest BCUT2D eigenvalue weighted by Gasteiger charge is -2.44. The van der Waals surface area contributed by atoms with Crippen LogP contribution in [-0.4, -0.2) is 21.2 Å². The van der Waals surface area contributed by atoms with Crippen LogP contribution in [0.5, 0.6) is 0 Å². The molecule has 0 spiro atoms. The van der Waals surface area contributed by atoms with E-state index < -0.39 is 0 Å². The Balaban J connectivity index is 0.871. The molecule has 2 aliphatic rings. The molecule has 0 amide bonds. The van der Waals surface area contributed by atoms with Crippen LogP contribution in [0.1, 0.15) is 11.1 Å². The largest absolute Gasteiger partial charge is 0.311 e. The zero-order valence-electron chi connectivity index (χ0n) is 43.2. The van der Waals surface area contributed by atoms with Crippen molar-refractivity contribution in [2.45, 2.75) is 13.8 Å². The van der Waals surface area contributed by atoms with E-state index in [1.165, 1.54) is 72.1 Å². The van der Waals surface area contributed by atoms with Gasteiger partial charge < -0.3 is 14.4 Å². The lowest BCUT2D eigenvalue weighted by Crippen LogP contribution is -2.61. The molecule has 13 aromatic rings. The minimum Gasteiger partial charge on any atom is -0.311 e. The summed E-state index contributed by atoms with van der Waals surface area (Å²) in [5.41, 5.74) is 26.2. The van der Waals surface area contributed by atoms with E-state index in [1.807, 2.05) is 24.3 Å². The Morgan fingerprint density at radius 1 is 0.321 bits per heavy atom. The van der Waals surface area contributed by atoms with Crippen molar-refractivity contribution in [2.24, 2.45) is 0 Å². The summed E-state index contributed by atoms with van der Waals surface area (Å²) in [6, 6.07) is 97.1. The lowest BCUT2D eigenvalue weighted by molar-refractivity contribution is 1.17. The fourth-order valence-corrected chi connectivity index (χ4v) is 12.3. The van der Waals surface area contributed by atoms with Crippen molar-refractivity contribution in [3.63, 3.8) is 0 Å². The fourth-order valence-electron chi connectivity index (χ4n) is 12.3. The van der Waals surface area contributed by atoms with Crippen molar-refractivity contribution < 1.29 is 0 Å². The molecule has 0 atom stereocenters. The van der Waals surface area contributed by atoms with Gasteiger partial charge in [0.15, 0.2) is 5.82 Å². The van der Waals surface area contributed by atoms with Crippen molar-refractivity contribution in [3.8, 4) is 61.8 Å². The van der Waals surface area contributed by atoms with Crippen LogP contribution < -0.4 is 26.2 Å². The number of rotatable bonds is 8. The minimum atomic E-state index is 0.0841. The van der Waals surface area contributed by atoms with E-state index in [9.17, 15) is 0 Å². The molecule has 366 valence electrons. The van der Waals surface area contributed by atoms with Crippen LogP contribution in [0.4, 0.5) is 34.1 Å². The van der Waals surface area contributed by atoms with Crippen molar-refractivity contribution in [1.29, 1.82) is 0 Å². The van der Waals surface area contributed by atoms with E-state index >= 15 is 0 Å². The molecular formula is C72H50BN5. The van der Waals surface area contributed by atoms with Gasteiger partial charge in [0.2, 0.25) is 0 Å². The Kier molecular flexibility index (Phi) is 10.7. The summed E-state index contributed by atoms with van der Waals surface area (Å²) in [5, 5.41) is 2.49. The molecule has 0 unspecified atom stereocenters. The number of hydrogen-bond acceptors (Lipinski definition) is 4. The second kappa shape index (κ2) is 18.4. The van der Waals surface area contributed by atoms with Crippen LogP contribution in [0.25, 0.3) is 83.6 Å². The highest BCUT2D eigenvalue weighted by atomic mass is 15.2. The normalized spacial score (nSPS) is 12.4. The summed E-state index contributed by atoms with van der Waals surface area (Å²) in [4.78, 5) is 15.3. The SMILES string of the molecule is Cc1ccc2c(c1)c1cc(C)ccc1n2-c1ccc(-c2cc(-c3ccccc3)nc(-c3ccccc3)n2)cc1-c1ccc(-c2cccc(N3c4ccccc4B4c5ccccc5N(c5ccccc5)c5cccc3c54)c2)cc1. The van der Waals surface area contributed by atoms with Crippen molar-refractivity contribution >= 4 is 79.0 Å². The quantitative estimate of drug-likeness (QED) is 0.142. The monoisotopic (exact) mass is 995 g/mol. The Bertz CT molecular complexity index is 4360. The summed E-state index contributed by atoms with van der Waals surface area (Å²) in [6.45, 7) is 4.44. The highest BCUT2D eigenvalue weighted by Gasteiger charge is 2.42. The Morgan fingerprint density at radius 2 is 0.808 bits per heavy atom. The number of nitrogens with zero attached hydrogens (tertiary/aromatic N) is 5. The number of aromatic nitrogens is 3. The molecule has 4 heterocycles. The third-order valence-electron chi connectivity index (χ3n) is 15.9. The van der Waals surface area contributed by atoms with E-state index in [2.05, 4.69) is 271 Å². The lowest BCUT2D eigenvalue weighted by atomic mass is 9.33. The molecule has 11 aromatic carbocycles. The van der Waals surface area contributed by atoms with Gasteiger partial charge in [-0.05, 0) is 138 Å². The van der Waals surface area contributed by atoms with Crippen LogP contribution in [0.3, 0.4) is 0 Å². The number of anilines is 6. The van der Waals surface area contributed by atoms with Crippen molar-refractivity contribution in [1.82, 2.24) is 14.5 Å². The molecule has 2 aliphatic heterocycles. The average molecular weight is 996 g/mol. The molecule has 0 fully saturated rings. The predicted octanol–water partition coefficient (Wildman–Crippen LogP) is 16.6. The summed E-state index contributed by atoms with van der Waals surface area (Å²) < 4.78 is 2.45. The van der Waals surface area contributed by atoms with E-state index in [1.54, 1.807) is 0 Å². The van der Waals surface area contributed by atoms with Gasteiger partial charge in [-0.25, -0.2) is 9.97 Å². The number of benzene rings is 11. The van der Waals surface area contributed by atoms with Crippen molar-refractivity contribution in [2.75, 3.05) is 9.80 Å². The molecule has 2 aromatic heterocycles. The first-order chi connectivity index (χ1) is 38.5. The fraction of sp³-hybridized carbons (Fsp3) is 0.0278. The predicted molar refractivity (Wildman–Crippen MR) is 327 cm³/mol. The van der Waals surface area contributed by atoms with Crippen LogP contribution in [0.2, 0.25) is 0 Å². The third kappa shape index (κ3) is 7.48. The average Bonchev–Trinajstić information content (AvgIpc) is 3.93. The van der Waals surface area contributed by atoms with Gasteiger partial charge in [0.05, 0.1) is 28.1 Å². The smallest absolute Gasteiger partial charge is 0.252 e. The Morgan fingerprint density at radius 3 is 1.45 bits per heavy atom. The zero-order chi connectivity index (χ0) is 51.8. The van der Waals surface area contributed by atoms with Gasteiger partial charge in [-0.1, -0.05) is 187 Å². The topological polar surface area (TPSA) is 37.2 Å². The standard InChI is InChI=1S/C72H50BN5/c1-47-32-39-65-58(42-47)59-43-48(2)33-40-66(59)78(65)64-41-38-54(63-46-62(51-18-6-3-7-19-51)74-72(75-63)52-20-8-4-9-21-52)45-57(64)50-36-34-49(35-37-50)53-22-16-25-56(44-53)77-68-29-15-13-27-61(68)73-60-26-12-14-28-67(60)76(55-23-10-5-11-24-55)69-30-17-31-70(77)71(69)73/h3-46H,1-2H3. The van der Waals surface area contributed by atoms with Gasteiger partial charge >= 0.3 is 0 Å². The molecule has 0 aliphatic carbocycles. The second-order valence-corrected chi connectivity index (χ2v) is 20.7. The molecule has 5 nitrogen and oxygen atoms in total. The zero-order valence-corrected chi connectivity index (χ0v) is 43.2.